The summed E-state index contributed by atoms with van der Waals surface area (Å²) in [6.07, 6.45) is 1.51. The minimum absolute atomic E-state index is 0.0368. The number of nitrogens with two attached hydrogens (primary N) is 1. The summed E-state index contributed by atoms with van der Waals surface area (Å²) in [5.41, 5.74) is 5.96. The first-order valence-electron chi connectivity index (χ1n) is 4.76. The van der Waals surface area contributed by atoms with Crippen molar-refractivity contribution in [1.29, 1.82) is 0 Å². The maximum atomic E-state index is 11.7. The molecule has 5 nitrogen and oxygen atoms in total. The molecule has 88 valence electrons. The van der Waals surface area contributed by atoms with Crippen LogP contribution in [0.25, 0.3) is 0 Å². The van der Waals surface area contributed by atoms with Gasteiger partial charge < -0.3 is 15.8 Å². The van der Waals surface area contributed by atoms with Gasteiger partial charge in [-0.3, -0.25) is 4.79 Å². The highest BCUT2D eigenvalue weighted by Crippen LogP contribution is 2.15. The van der Waals surface area contributed by atoms with Crippen molar-refractivity contribution >= 4 is 27.7 Å². The van der Waals surface area contributed by atoms with Crippen molar-refractivity contribution < 1.29 is 9.53 Å². The lowest BCUT2D eigenvalue weighted by Crippen LogP contribution is -2.32. The van der Waals surface area contributed by atoms with Crippen LogP contribution in [-0.4, -0.2) is 30.6 Å². The Kier molecular flexibility index (Phi) is 4.70. The van der Waals surface area contributed by atoms with Gasteiger partial charge in [0, 0.05) is 24.3 Å². The number of aromatic nitrogens is 1. The van der Waals surface area contributed by atoms with Crippen molar-refractivity contribution in [3.8, 4) is 0 Å². The van der Waals surface area contributed by atoms with Crippen LogP contribution in [0, 0.1) is 0 Å². The summed E-state index contributed by atoms with van der Waals surface area (Å²) in [5.74, 6) is -0.0408. The average molecular weight is 288 g/mol. The highest BCUT2D eigenvalue weighted by atomic mass is 79.9. The van der Waals surface area contributed by atoms with E-state index in [0.717, 1.165) is 0 Å². The zero-order valence-electron chi connectivity index (χ0n) is 9.16. The van der Waals surface area contributed by atoms with Gasteiger partial charge in [-0.05, 0) is 28.9 Å². The second-order valence-corrected chi connectivity index (χ2v) is 4.26. The lowest BCUT2D eigenvalue weighted by atomic mass is 10.2. The van der Waals surface area contributed by atoms with Crippen LogP contribution in [0.1, 0.15) is 17.3 Å². The molecule has 16 heavy (non-hydrogen) atoms. The van der Waals surface area contributed by atoms with Crippen LogP contribution in [-0.2, 0) is 4.74 Å². The third-order valence-corrected chi connectivity index (χ3v) is 2.52. The summed E-state index contributed by atoms with van der Waals surface area (Å²) in [5, 5.41) is 2.71. The molecule has 0 fully saturated rings. The van der Waals surface area contributed by atoms with Crippen molar-refractivity contribution in [2.24, 2.45) is 0 Å². The monoisotopic (exact) mass is 287 g/mol. The number of anilines is 1. The molecule has 0 saturated carbocycles. The predicted molar refractivity (Wildman–Crippen MR) is 65.2 cm³/mol. The molecule has 1 aromatic rings. The van der Waals surface area contributed by atoms with Gasteiger partial charge in [0.15, 0.2) is 0 Å². The number of methoxy groups -OCH3 is 1. The van der Waals surface area contributed by atoms with Gasteiger partial charge in [0.05, 0.1) is 11.7 Å². The highest BCUT2D eigenvalue weighted by molar-refractivity contribution is 9.10. The zero-order valence-corrected chi connectivity index (χ0v) is 10.7. The number of amides is 1. The number of nitrogens with one attached hydrogen (secondary N) is 1. The van der Waals surface area contributed by atoms with Crippen LogP contribution in [0.5, 0.6) is 0 Å². The normalized spacial score (nSPS) is 12.2. The summed E-state index contributed by atoms with van der Waals surface area (Å²) in [6, 6.07) is 1.63. The van der Waals surface area contributed by atoms with E-state index in [1.54, 1.807) is 19.4 Å². The van der Waals surface area contributed by atoms with Crippen molar-refractivity contribution in [2.45, 2.75) is 13.0 Å². The van der Waals surface area contributed by atoms with E-state index in [0.29, 0.717) is 16.6 Å². The number of nitrogens with zero attached hydrogens (tertiary/aromatic N) is 1. The van der Waals surface area contributed by atoms with Gasteiger partial charge in [-0.15, -0.1) is 0 Å². The Hall–Kier alpha value is -1.14. The molecule has 0 aromatic carbocycles. The summed E-state index contributed by atoms with van der Waals surface area (Å²) >= 11 is 3.24. The molecule has 0 spiro atoms. The van der Waals surface area contributed by atoms with Gasteiger partial charge in [0.1, 0.15) is 5.82 Å². The maximum Gasteiger partial charge on any atom is 0.255 e. The second kappa shape index (κ2) is 5.81. The molecule has 0 aliphatic carbocycles. The van der Waals surface area contributed by atoms with Gasteiger partial charge in [-0.2, -0.15) is 0 Å². The highest BCUT2D eigenvalue weighted by Gasteiger charge is 2.12. The molecule has 1 unspecified atom stereocenters. The molecule has 0 bridgehead atoms. The van der Waals surface area contributed by atoms with Crippen molar-refractivity contribution in [3.05, 3.63) is 22.3 Å². The zero-order chi connectivity index (χ0) is 12.1. The van der Waals surface area contributed by atoms with E-state index in [2.05, 4.69) is 26.2 Å². The quantitative estimate of drug-likeness (QED) is 0.872. The van der Waals surface area contributed by atoms with Gasteiger partial charge in [-0.1, -0.05) is 0 Å². The molecule has 3 N–H and O–H groups in total. The largest absolute Gasteiger partial charge is 0.383 e. The molecule has 6 heteroatoms. The first-order chi connectivity index (χ1) is 7.54. The van der Waals surface area contributed by atoms with E-state index in [4.69, 9.17) is 10.5 Å². The van der Waals surface area contributed by atoms with Crippen molar-refractivity contribution in [3.63, 3.8) is 0 Å². The number of ether oxygens (including phenoxy) is 1. The molecule has 0 saturated heterocycles. The van der Waals surface area contributed by atoms with Crippen LogP contribution in [0.3, 0.4) is 0 Å². The molecular formula is C10H14BrN3O2. The number of halogens is 1. The summed E-state index contributed by atoms with van der Waals surface area (Å²) in [4.78, 5) is 15.6. The smallest absolute Gasteiger partial charge is 0.255 e. The number of carbonyl (C=O) groups excluding carboxylic acids is 1. The third-order valence-electron chi connectivity index (χ3n) is 2.08. The Balaban J connectivity index is 2.69. The van der Waals surface area contributed by atoms with Crippen molar-refractivity contribution in [1.82, 2.24) is 10.3 Å². The number of hydrogen-bond donors (Lipinski definition) is 2. The van der Waals surface area contributed by atoms with Crippen LogP contribution in [0.2, 0.25) is 0 Å². The number of carbonyl (C=O) groups is 1. The Morgan fingerprint density at radius 1 is 1.75 bits per heavy atom. The SMILES string of the molecule is COC(C)CNC(=O)c1cc(Br)cnc1N. The fraction of sp³-hybridized carbons (Fsp3) is 0.400. The molecule has 1 heterocycles. The Bertz CT molecular complexity index is 384. The van der Waals surface area contributed by atoms with Crippen LogP contribution in [0.4, 0.5) is 5.82 Å². The van der Waals surface area contributed by atoms with E-state index in [1.165, 1.54) is 0 Å². The van der Waals surface area contributed by atoms with E-state index < -0.39 is 0 Å². The summed E-state index contributed by atoms with van der Waals surface area (Å²) in [6.45, 7) is 2.30. The lowest BCUT2D eigenvalue weighted by Gasteiger charge is -2.11. The topological polar surface area (TPSA) is 77.2 Å². The minimum atomic E-state index is -0.254. The van der Waals surface area contributed by atoms with Gasteiger partial charge >= 0.3 is 0 Å². The maximum absolute atomic E-state index is 11.7. The molecule has 0 aliphatic rings. The lowest BCUT2D eigenvalue weighted by molar-refractivity contribution is 0.0871. The Morgan fingerprint density at radius 3 is 3.06 bits per heavy atom. The van der Waals surface area contributed by atoms with E-state index in [9.17, 15) is 4.79 Å². The predicted octanol–water partition coefficient (Wildman–Crippen LogP) is 1.19. The van der Waals surface area contributed by atoms with E-state index in [1.807, 2.05) is 6.92 Å². The van der Waals surface area contributed by atoms with E-state index >= 15 is 0 Å². The van der Waals surface area contributed by atoms with Crippen molar-refractivity contribution in [2.75, 3.05) is 19.4 Å². The van der Waals surface area contributed by atoms with Crippen LogP contribution < -0.4 is 11.1 Å². The fourth-order valence-corrected chi connectivity index (χ4v) is 1.38. The molecule has 1 aromatic heterocycles. The second-order valence-electron chi connectivity index (χ2n) is 3.34. The number of hydrogen-bond acceptors (Lipinski definition) is 4. The molecular weight excluding hydrogens is 274 g/mol. The Labute approximate surface area is 103 Å². The molecule has 1 amide bonds. The fourth-order valence-electron chi connectivity index (χ4n) is 1.05. The number of rotatable bonds is 4. The third kappa shape index (κ3) is 3.46. The average Bonchev–Trinajstić information content (AvgIpc) is 2.28. The summed E-state index contributed by atoms with van der Waals surface area (Å²) in [7, 11) is 1.59. The molecule has 1 atom stereocenters. The summed E-state index contributed by atoms with van der Waals surface area (Å²) < 4.78 is 5.73. The first kappa shape index (κ1) is 12.9. The molecule has 1 rings (SSSR count). The minimum Gasteiger partial charge on any atom is -0.383 e. The Morgan fingerprint density at radius 2 is 2.44 bits per heavy atom. The van der Waals surface area contributed by atoms with Gasteiger partial charge in [-0.25, -0.2) is 4.98 Å². The standard InChI is InChI=1S/C10H14BrN3O2/c1-6(16-2)4-14-10(15)8-3-7(11)5-13-9(8)12/h3,5-6H,4H2,1-2H3,(H2,12,13)(H,14,15). The van der Waals surface area contributed by atoms with Gasteiger partial charge in [0.2, 0.25) is 0 Å². The first-order valence-corrected chi connectivity index (χ1v) is 5.56. The van der Waals surface area contributed by atoms with E-state index in [-0.39, 0.29) is 17.8 Å². The molecule has 0 radical (unpaired) electrons. The van der Waals surface area contributed by atoms with Crippen LogP contribution >= 0.6 is 15.9 Å². The number of pyridine rings is 1. The number of nitrogen functional groups attached to an aromatic ring is 1. The van der Waals surface area contributed by atoms with Crippen LogP contribution in [0.15, 0.2) is 16.7 Å². The molecule has 0 aliphatic heterocycles. The van der Waals surface area contributed by atoms with Gasteiger partial charge in [0.25, 0.3) is 5.91 Å².